The maximum atomic E-state index is 13.6. The Morgan fingerprint density at radius 2 is 1.30 bits per heavy atom. The zero-order valence-electron chi connectivity index (χ0n) is 32.4. The monoisotopic (exact) mass is 778 g/mol. The van der Waals surface area contributed by atoms with E-state index in [1.54, 1.807) is 43.0 Å². The van der Waals surface area contributed by atoms with Gasteiger partial charge in [0.05, 0.1) is 12.6 Å². The zero-order chi connectivity index (χ0) is 40.8. The molecular formula is C37H62N8O8S. The molecule has 54 heavy (non-hydrogen) atoms. The third kappa shape index (κ3) is 17.3. The van der Waals surface area contributed by atoms with E-state index < -0.39 is 84.2 Å². The Labute approximate surface area is 323 Å². The maximum absolute atomic E-state index is 13.6. The number of aliphatic carboxylic acids is 1. The summed E-state index contributed by atoms with van der Waals surface area (Å²) in [4.78, 5) is 90.8. The summed E-state index contributed by atoms with van der Waals surface area (Å²) in [6, 6.07) is 2.69. The Hall–Kier alpha value is -4.22. The van der Waals surface area contributed by atoms with Gasteiger partial charge in [-0.15, -0.1) is 0 Å². The summed E-state index contributed by atoms with van der Waals surface area (Å²) in [5.41, 5.74) is 12.3. The Bertz CT molecular complexity index is 1370. The van der Waals surface area contributed by atoms with Crippen LogP contribution in [0.1, 0.15) is 78.7 Å². The highest BCUT2D eigenvalue weighted by Gasteiger charge is 2.33. The van der Waals surface area contributed by atoms with E-state index in [-0.39, 0.29) is 24.7 Å². The minimum atomic E-state index is -1.20. The van der Waals surface area contributed by atoms with E-state index in [1.807, 2.05) is 33.1 Å². The van der Waals surface area contributed by atoms with Gasteiger partial charge >= 0.3 is 5.97 Å². The van der Waals surface area contributed by atoms with Crippen LogP contribution in [-0.4, -0.2) is 108 Å². The number of rotatable bonds is 26. The first-order valence-corrected chi connectivity index (χ1v) is 20.0. The molecule has 1 aromatic carbocycles. The zero-order valence-corrected chi connectivity index (χ0v) is 33.3. The van der Waals surface area contributed by atoms with Gasteiger partial charge in [-0.1, -0.05) is 70.9 Å². The van der Waals surface area contributed by atoms with Crippen LogP contribution < -0.4 is 43.4 Å². The summed E-state index contributed by atoms with van der Waals surface area (Å²) >= 11 is 1.55. The van der Waals surface area contributed by atoms with Crippen molar-refractivity contribution in [2.45, 2.75) is 116 Å². The first-order chi connectivity index (χ1) is 25.6. The van der Waals surface area contributed by atoms with Crippen LogP contribution in [0.25, 0.3) is 0 Å². The molecule has 8 unspecified atom stereocenters. The number of hydrogen-bond acceptors (Lipinski definition) is 10. The number of carboxylic acids is 1. The molecule has 8 atom stereocenters. The van der Waals surface area contributed by atoms with Crippen molar-refractivity contribution in [3.63, 3.8) is 0 Å². The molecule has 0 aliphatic heterocycles. The molecule has 0 spiro atoms. The Balaban J connectivity index is 3.01. The molecule has 0 saturated heterocycles. The van der Waals surface area contributed by atoms with Crippen LogP contribution in [0.4, 0.5) is 0 Å². The lowest BCUT2D eigenvalue weighted by Gasteiger charge is -2.28. The van der Waals surface area contributed by atoms with Crippen molar-refractivity contribution >= 4 is 53.2 Å². The van der Waals surface area contributed by atoms with Crippen LogP contribution in [0.15, 0.2) is 30.3 Å². The summed E-state index contributed by atoms with van der Waals surface area (Å²) in [5.74, 6) is -4.96. The van der Waals surface area contributed by atoms with E-state index in [1.165, 1.54) is 6.92 Å². The van der Waals surface area contributed by atoms with Crippen LogP contribution in [0.2, 0.25) is 0 Å². The Kier molecular flexibility index (Phi) is 22.8. The molecule has 0 fully saturated rings. The number of carbonyl (C=O) groups excluding carboxylic acids is 6. The van der Waals surface area contributed by atoms with Gasteiger partial charge in [0, 0.05) is 6.42 Å². The smallest absolute Gasteiger partial charge is 0.326 e. The minimum absolute atomic E-state index is 0.0817. The van der Waals surface area contributed by atoms with Crippen LogP contribution in [0.5, 0.6) is 0 Å². The number of unbranched alkanes of at least 4 members (excludes halogenated alkanes) is 1. The fourth-order valence-electron chi connectivity index (χ4n) is 5.30. The molecule has 17 heteroatoms. The van der Waals surface area contributed by atoms with Crippen molar-refractivity contribution < 1.29 is 38.7 Å². The maximum Gasteiger partial charge on any atom is 0.326 e. The Morgan fingerprint density at radius 1 is 0.722 bits per heavy atom. The molecule has 0 aliphatic carbocycles. The summed E-state index contributed by atoms with van der Waals surface area (Å²) in [5, 5.41) is 25.2. The van der Waals surface area contributed by atoms with Gasteiger partial charge < -0.3 is 48.5 Å². The number of thioether (sulfide) groups is 1. The van der Waals surface area contributed by atoms with Gasteiger partial charge in [-0.25, -0.2) is 4.79 Å². The van der Waals surface area contributed by atoms with Gasteiger partial charge in [0.2, 0.25) is 35.4 Å². The van der Waals surface area contributed by atoms with E-state index in [0.29, 0.717) is 44.4 Å². The largest absolute Gasteiger partial charge is 0.480 e. The van der Waals surface area contributed by atoms with Gasteiger partial charge in [0.25, 0.3) is 0 Å². The topological polar surface area (TPSA) is 264 Å². The third-order valence-corrected chi connectivity index (χ3v) is 9.87. The van der Waals surface area contributed by atoms with Crippen molar-refractivity contribution in [3.8, 4) is 0 Å². The number of carboxylic acid groups (broad SMARTS) is 1. The Morgan fingerprint density at radius 3 is 1.83 bits per heavy atom. The van der Waals surface area contributed by atoms with E-state index in [2.05, 4.69) is 31.9 Å². The van der Waals surface area contributed by atoms with E-state index >= 15 is 0 Å². The highest BCUT2D eigenvalue weighted by Crippen LogP contribution is 2.12. The SMILES string of the molecule is CCC(C)C(NC(=O)CNC(=O)C(C)NC(=O)C(Cc1ccccc1)NC(=O)C(NC(=O)C(N)CCSC)C(C)CC)C(=O)NC(CCCCN)C(=O)O. The van der Waals surface area contributed by atoms with Crippen molar-refractivity contribution in [2.24, 2.45) is 23.3 Å². The van der Waals surface area contributed by atoms with E-state index in [4.69, 9.17) is 11.5 Å². The number of carbonyl (C=O) groups is 7. The molecule has 0 aromatic heterocycles. The van der Waals surface area contributed by atoms with Gasteiger partial charge in [-0.2, -0.15) is 11.8 Å². The molecular weight excluding hydrogens is 717 g/mol. The summed E-state index contributed by atoms with van der Waals surface area (Å²) in [6.45, 7) is 8.50. The molecule has 0 heterocycles. The van der Waals surface area contributed by atoms with Crippen LogP contribution >= 0.6 is 11.8 Å². The summed E-state index contributed by atoms with van der Waals surface area (Å²) < 4.78 is 0. The number of nitrogens with two attached hydrogens (primary N) is 2. The molecule has 304 valence electrons. The minimum Gasteiger partial charge on any atom is -0.480 e. The lowest BCUT2D eigenvalue weighted by Crippen LogP contribution is -2.59. The number of hydrogen-bond donors (Lipinski definition) is 9. The molecule has 6 amide bonds. The second-order valence-electron chi connectivity index (χ2n) is 13.6. The fraction of sp³-hybridized carbons (Fsp3) is 0.649. The number of amides is 6. The van der Waals surface area contributed by atoms with Crippen molar-refractivity contribution in [1.82, 2.24) is 31.9 Å². The predicted molar refractivity (Wildman–Crippen MR) is 209 cm³/mol. The van der Waals surface area contributed by atoms with Gasteiger partial charge in [0.1, 0.15) is 30.2 Å². The standard InChI is InChI=1S/C37H62N8O8S/c1-7-22(3)30(35(50)42-27(37(52)53)16-12-13-18-38)44-29(46)21-40-32(47)24(5)41-34(49)28(20-25-14-10-9-11-15-25)43-36(51)31(23(4)8-2)45-33(48)26(39)17-19-54-6/h9-11,14-15,22-24,26-28,30-31H,7-8,12-13,16-21,38-39H2,1-6H3,(H,40,47)(H,41,49)(H,42,50)(H,43,51)(H,44,46)(H,45,48)(H,52,53). The lowest BCUT2D eigenvalue weighted by molar-refractivity contribution is -0.142. The fourth-order valence-corrected chi connectivity index (χ4v) is 5.79. The average Bonchev–Trinajstić information content (AvgIpc) is 3.15. The predicted octanol–water partition coefficient (Wildman–Crippen LogP) is 0.175. The summed E-state index contributed by atoms with van der Waals surface area (Å²) in [6.07, 6.45) is 4.74. The molecule has 1 aromatic rings. The van der Waals surface area contributed by atoms with Gasteiger partial charge in [0.15, 0.2) is 0 Å². The molecule has 16 nitrogen and oxygen atoms in total. The third-order valence-electron chi connectivity index (χ3n) is 9.23. The van der Waals surface area contributed by atoms with Crippen molar-refractivity contribution in [1.29, 1.82) is 0 Å². The normalized spacial score (nSPS) is 15.5. The second kappa shape index (κ2) is 25.7. The molecule has 1 rings (SSSR count). The average molecular weight is 779 g/mol. The lowest BCUT2D eigenvalue weighted by atomic mass is 9.96. The number of nitrogens with one attached hydrogen (secondary N) is 6. The van der Waals surface area contributed by atoms with E-state index in [9.17, 15) is 38.7 Å². The molecule has 11 N–H and O–H groups in total. The second-order valence-corrected chi connectivity index (χ2v) is 14.6. The van der Waals surface area contributed by atoms with Gasteiger partial charge in [-0.05, 0) is 68.6 Å². The van der Waals surface area contributed by atoms with Gasteiger partial charge in [-0.3, -0.25) is 28.8 Å². The summed E-state index contributed by atoms with van der Waals surface area (Å²) in [7, 11) is 0. The highest BCUT2D eigenvalue weighted by molar-refractivity contribution is 7.98. The highest BCUT2D eigenvalue weighted by atomic mass is 32.2. The quantitative estimate of drug-likeness (QED) is 0.0573. The first kappa shape index (κ1) is 47.8. The van der Waals surface area contributed by atoms with Crippen LogP contribution in [0, 0.1) is 11.8 Å². The molecule has 0 radical (unpaired) electrons. The van der Waals surface area contributed by atoms with Crippen molar-refractivity contribution in [3.05, 3.63) is 35.9 Å². The molecule has 0 bridgehead atoms. The van der Waals surface area contributed by atoms with Crippen LogP contribution in [-0.2, 0) is 40.0 Å². The molecule has 0 aliphatic rings. The first-order valence-electron chi connectivity index (χ1n) is 18.6. The van der Waals surface area contributed by atoms with Crippen LogP contribution in [0.3, 0.4) is 0 Å². The molecule has 0 saturated carbocycles. The van der Waals surface area contributed by atoms with Crippen molar-refractivity contribution in [2.75, 3.05) is 25.1 Å². The van der Waals surface area contributed by atoms with E-state index in [0.717, 1.165) is 5.56 Å². The number of benzene rings is 1.